The van der Waals surface area contributed by atoms with Gasteiger partial charge in [0.2, 0.25) is 11.8 Å². The highest BCUT2D eigenvalue weighted by molar-refractivity contribution is 6.23. The van der Waals surface area contributed by atoms with E-state index in [1.807, 2.05) is 12.1 Å². The van der Waals surface area contributed by atoms with Gasteiger partial charge in [0.15, 0.2) is 0 Å². The van der Waals surface area contributed by atoms with Crippen molar-refractivity contribution in [2.75, 3.05) is 26.4 Å². The number of amides is 5. The van der Waals surface area contributed by atoms with E-state index in [0.717, 1.165) is 17.7 Å². The lowest BCUT2D eigenvalue weighted by molar-refractivity contribution is -0.136. The largest absolute Gasteiger partial charge is 0.494 e. The number of nitrogens with zero attached hydrogens (tertiary/aromatic N) is 1. The number of carbonyl (C=O) groups is 5. The molecule has 5 rings (SSSR count). The molecule has 1 unspecified atom stereocenters. The summed E-state index contributed by atoms with van der Waals surface area (Å²) in [6.45, 7) is 1.85. The van der Waals surface area contributed by atoms with Crippen LogP contribution in [0.5, 0.6) is 11.5 Å². The molecule has 1 saturated heterocycles. The number of ether oxygens (including phenoxy) is 3. The van der Waals surface area contributed by atoms with E-state index in [-0.39, 0.29) is 35.9 Å². The third-order valence-electron chi connectivity index (χ3n) is 7.87. The van der Waals surface area contributed by atoms with E-state index in [1.165, 1.54) is 31.4 Å². The molecule has 0 radical (unpaired) electrons. The minimum Gasteiger partial charge on any atom is -0.494 e. The normalized spacial score (nSPS) is 18.8. The molecule has 1 aliphatic carbocycles. The highest BCUT2D eigenvalue weighted by atomic mass is 16.5. The molecule has 2 aliphatic heterocycles. The van der Waals surface area contributed by atoms with Crippen molar-refractivity contribution in [2.45, 2.75) is 69.9 Å². The van der Waals surface area contributed by atoms with E-state index in [0.29, 0.717) is 56.3 Å². The highest BCUT2D eigenvalue weighted by Gasteiger charge is 2.44. The van der Waals surface area contributed by atoms with Crippen LogP contribution in [0.15, 0.2) is 42.5 Å². The van der Waals surface area contributed by atoms with Crippen molar-refractivity contribution < 1.29 is 38.2 Å². The predicted molar refractivity (Wildman–Crippen MR) is 155 cm³/mol. The lowest BCUT2D eigenvalue weighted by Crippen LogP contribution is -2.54. The first-order valence-electron chi connectivity index (χ1n) is 15.0. The van der Waals surface area contributed by atoms with Crippen molar-refractivity contribution in [3.63, 3.8) is 0 Å². The predicted octanol–water partition coefficient (Wildman–Crippen LogP) is 3.40. The number of nitrogens with one attached hydrogen (secondary N) is 2. The van der Waals surface area contributed by atoms with E-state index in [1.54, 1.807) is 18.2 Å². The summed E-state index contributed by atoms with van der Waals surface area (Å²) in [6.07, 6.45) is 7.21. The fourth-order valence-corrected chi connectivity index (χ4v) is 5.56. The molecule has 228 valence electrons. The number of carbonyl (C=O) groups excluding carboxylic acids is 5. The summed E-state index contributed by atoms with van der Waals surface area (Å²) >= 11 is 0. The molecule has 0 aromatic heterocycles. The minimum atomic E-state index is -0.999. The van der Waals surface area contributed by atoms with Crippen molar-refractivity contribution in [3.05, 3.63) is 59.2 Å². The molecular weight excluding hydrogens is 554 g/mol. The van der Waals surface area contributed by atoms with Gasteiger partial charge >= 0.3 is 0 Å². The molecule has 5 amide bonds. The van der Waals surface area contributed by atoms with Crippen LogP contribution in [0.25, 0.3) is 0 Å². The van der Waals surface area contributed by atoms with Gasteiger partial charge in [0, 0.05) is 44.1 Å². The van der Waals surface area contributed by atoms with Gasteiger partial charge in [-0.25, -0.2) is 0 Å². The Hall–Kier alpha value is -4.25. The van der Waals surface area contributed by atoms with Crippen molar-refractivity contribution in [1.82, 2.24) is 15.5 Å². The van der Waals surface area contributed by atoms with Crippen molar-refractivity contribution in [2.24, 2.45) is 0 Å². The van der Waals surface area contributed by atoms with Crippen LogP contribution >= 0.6 is 0 Å². The second-order valence-electron chi connectivity index (χ2n) is 11.0. The Labute approximate surface area is 250 Å². The van der Waals surface area contributed by atoms with Crippen molar-refractivity contribution in [1.29, 1.82) is 0 Å². The van der Waals surface area contributed by atoms with E-state index in [9.17, 15) is 24.0 Å². The second-order valence-corrected chi connectivity index (χ2v) is 11.0. The van der Waals surface area contributed by atoms with E-state index >= 15 is 0 Å². The van der Waals surface area contributed by atoms with Gasteiger partial charge in [-0.2, -0.15) is 0 Å². The summed E-state index contributed by atoms with van der Waals surface area (Å²) in [6, 6.07) is 11.1. The Balaban J connectivity index is 0.953. The van der Waals surface area contributed by atoms with Crippen LogP contribution in [0.3, 0.4) is 0 Å². The van der Waals surface area contributed by atoms with Crippen LogP contribution in [0.2, 0.25) is 0 Å². The summed E-state index contributed by atoms with van der Waals surface area (Å²) in [5, 5.41) is 5.30. The maximum absolute atomic E-state index is 12.9. The third-order valence-corrected chi connectivity index (χ3v) is 7.87. The number of hydrogen-bond donors (Lipinski definition) is 2. The molecule has 1 atom stereocenters. The number of hydrogen-bond acceptors (Lipinski definition) is 8. The zero-order chi connectivity index (χ0) is 30.2. The van der Waals surface area contributed by atoms with Gasteiger partial charge in [-0.15, -0.1) is 0 Å². The Morgan fingerprint density at radius 1 is 0.791 bits per heavy atom. The minimum absolute atomic E-state index is 0.0352. The first-order valence-corrected chi connectivity index (χ1v) is 15.0. The van der Waals surface area contributed by atoms with E-state index in [2.05, 4.69) is 10.6 Å². The SMILES string of the molecule is O=C1CCC(N2C(=O)c3ccc(OCCCOCCCOc4ccc(C(=O)NC5CCCCC5)cc4)cc3C2=O)C(=O)N1. The molecule has 0 spiro atoms. The van der Waals surface area contributed by atoms with Gasteiger partial charge in [0.25, 0.3) is 17.7 Å². The first-order chi connectivity index (χ1) is 20.9. The molecule has 2 fully saturated rings. The van der Waals surface area contributed by atoms with Gasteiger partial charge in [0.1, 0.15) is 17.5 Å². The standard InChI is InChI=1S/C32H37N3O8/c36-28-15-14-27(30(38)34-28)35-31(39)25-13-12-24(20-26(25)32(35)40)43-19-5-17-41-16-4-18-42-23-10-8-21(9-11-23)29(37)33-22-6-2-1-3-7-22/h8-13,20,22,27H,1-7,14-19H2,(H,33,37)(H,34,36,38). The van der Waals surface area contributed by atoms with Crippen LogP contribution in [-0.4, -0.2) is 72.9 Å². The molecule has 2 aromatic rings. The van der Waals surface area contributed by atoms with Gasteiger partial charge in [-0.1, -0.05) is 19.3 Å². The molecule has 0 bridgehead atoms. The molecule has 2 heterocycles. The molecule has 3 aliphatic rings. The summed E-state index contributed by atoms with van der Waals surface area (Å²) in [7, 11) is 0. The van der Waals surface area contributed by atoms with Crippen LogP contribution in [0.4, 0.5) is 0 Å². The Morgan fingerprint density at radius 3 is 2.14 bits per heavy atom. The molecule has 43 heavy (non-hydrogen) atoms. The van der Waals surface area contributed by atoms with Gasteiger partial charge < -0.3 is 19.5 Å². The Bertz CT molecular complexity index is 1350. The Kier molecular flexibility index (Phi) is 10.0. The summed E-state index contributed by atoms with van der Waals surface area (Å²) in [5.41, 5.74) is 1.03. The van der Waals surface area contributed by atoms with Crippen molar-refractivity contribution >= 4 is 29.5 Å². The maximum Gasteiger partial charge on any atom is 0.262 e. The molecule has 1 saturated carbocycles. The number of fused-ring (bicyclic) bond motifs is 1. The van der Waals surface area contributed by atoms with E-state index in [4.69, 9.17) is 14.2 Å². The Morgan fingerprint density at radius 2 is 1.44 bits per heavy atom. The maximum atomic E-state index is 12.9. The summed E-state index contributed by atoms with van der Waals surface area (Å²) in [4.78, 5) is 62.7. The lowest BCUT2D eigenvalue weighted by atomic mass is 9.95. The van der Waals surface area contributed by atoms with Gasteiger partial charge in [-0.3, -0.25) is 34.2 Å². The number of piperidine rings is 1. The zero-order valence-corrected chi connectivity index (χ0v) is 24.1. The molecule has 2 aromatic carbocycles. The molecule has 11 heteroatoms. The fourth-order valence-electron chi connectivity index (χ4n) is 5.56. The average Bonchev–Trinajstić information content (AvgIpc) is 3.25. The average molecular weight is 592 g/mol. The molecule has 2 N–H and O–H groups in total. The summed E-state index contributed by atoms with van der Waals surface area (Å²) in [5.74, 6) is -1.06. The lowest BCUT2D eigenvalue weighted by Gasteiger charge is -2.27. The van der Waals surface area contributed by atoms with E-state index < -0.39 is 29.7 Å². The quantitative estimate of drug-likeness (QED) is 0.267. The number of benzene rings is 2. The van der Waals surface area contributed by atoms with Crippen LogP contribution in [-0.2, 0) is 14.3 Å². The van der Waals surface area contributed by atoms with Crippen LogP contribution < -0.4 is 20.1 Å². The van der Waals surface area contributed by atoms with Crippen molar-refractivity contribution in [3.8, 4) is 11.5 Å². The smallest absolute Gasteiger partial charge is 0.262 e. The van der Waals surface area contributed by atoms with Gasteiger partial charge in [-0.05, 0) is 61.7 Å². The molecular formula is C32H37N3O8. The van der Waals surface area contributed by atoms with Crippen LogP contribution in [0.1, 0.15) is 88.9 Å². The fraction of sp³-hybridized carbons (Fsp3) is 0.469. The topological polar surface area (TPSA) is 140 Å². The number of rotatable bonds is 13. The number of imide groups is 2. The zero-order valence-electron chi connectivity index (χ0n) is 24.1. The monoisotopic (exact) mass is 591 g/mol. The third kappa shape index (κ3) is 7.59. The molecule has 11 nitrogen and oxygen atoms in total. The summed E-state index contributed by atoms with van der Waals surface area (Å²) < 4.78 is 17.2. The highest BCUT2D eigenvalue weighted by Crippen LogP contribution is 2.30. The first kappa shape index (κ1) is 30.2. The van der Waals surface area contributed by atoms with Gasteiger partial charge in [0.05, 0.1) is 24.3 Å². The van der Waals surface area contributed by atoms with Crippen LogP contribution in [0, 0.1) is 0 Å². The second kappa shape index (κ2) is 14.3.